The minimum Gasteiger partial charge on any atom is -0.481 e. The van der Waals surface area contributed by atoms with Crippen molar-refractivity contribution in [2.45, 2.75) is 31.8 Å². The van der Waals surface area contributed by atoms with Gasteiger partial charge in [-0.05, 0) is 12.8 Å². The molecule has 0 atom stereocenters. The second kappa shape index (κ2) is 5.72. The fourth-order valence-corrected chi connectivity index (χ4v) is 1.92. The lowest BCUT2D eigenvalue weighted by Crippen LogP contribution is -2.40. The molecule has 1 amide bonds. The van der Waals surface area contributed by atoms with E-state index in [1.807, 2.05) is 0 Å². The number of nitrogens with zero attached hydrogens (tertiary/aromatic N) is 2. The number of carboxylic acids is 1. The van der Waals surface area contributed by atoms with Crippen LogP contribution in [0, 0.1) is 0 Å². The molecule has 0 radical (unpaired) electrons. The van der Waals surface area contributed by atoms with E-state index < -0.39 is 17.1 Å². The van der Waals surface area contributed by atoms with Gasteiger partial charge in [-0.25, -0.2) is 4.68 Å². The predicted molar refractivity (Wildman–Crippen MR) is 68.3 cm³/mol. The summed E-state index contributed by atoms with van der Waals surface area (Å²) in [5, 5.41) is 10.9. The van der Waals surface area contributed by atoms with E-state index in [0.29, 0.717) is 0 Å². The second-order valence-electron chi connectivity index (χ2n) is 4.70. The van der Waals surface area contributed by atoms with Crippen molar-refractivity contribution in [3.63, 3.8) is 0 Å². The Balaban J connectivity index is 2.08. The van der Waals surface area contributed by atoms with E-state index in [2.05, 4.69) is 5.10 Å². The average molecular weight is 281 g/mol. The molecule has 0 aliphatic heterocycles. The van der Waals surface area contributed by atoms with Crippen molar-refractivity contribution in [3.05, 3.63) is 32.8 Å². The van der Waals surface area contributed by atoms with E-state index >= 15 is 0 Å². The van der Waals surface area contributed by atoms with Gasteiger partial charge in [0.25, 0.3) is 11.1 Å². The number of carbonyl (C=O) groups excluding carboxylic acids is 1. The Morgan fingerprint density at radius 1 is 1.35 bits per heavy atom. The molecule has 1 saturated carbocycles. The Hall–Kier alpha value is -2.38. The average Bonchev–Trinajstić information content (AvgIpc) is 3.18. The third-order valence-corrected chi connectivity index (χ3v) is 3.06. The zero-order chi connectivity index (χ0) is 14.7. The molecule has 0 bridgehead atoms. The first-order chi connectivity index (χ1) is 9.47. The van der Waals surface area contributed by atoms with Gasteiger partial charge in [0, 0.05) is 24.7 Å². The Morgan fingerprint density at radius 3 is 2.65 bits per heavy atom. The number of amides is 1. The van der Waals surface area contributed by atoms with Gasteiger partial charge in [-0.15, -0.1) is 0 Å². The summed E-state index contributed by atoms with van der Waals surface area (Å²) in [6.07, 6.45) is 1.54. The SMILES string of the molecule is O=C(O)CCN(C(=O)Cn1[nH]c(=O)ccc1=O)C1CC1. The van der Waals surface area contributed by atoms with E-state index in [-0.39, 0.29) is 31.5 Å². The van der Waals surface area contributed by atoms with Crippen LogP contribution >= 0.6 is 0 Å². The van der Waals surface area contributed by atoms with Crippen LogP contribution in [0.15, 0.2) is 21.7 Å². The van der Waals surface area contributed by atoms with Crippen molar-refractivity contribution < 1.29 is 14.7 Å². The summed E-state index contributed by atoms with van der Waals surface area (Å²) in [7, 11) is 0. The zero-order valence-electron chi connectivity index (χ0n) is 10.7. The number of carbonyl (C=O) groups is 2. The lowest BCUT2D eigenvalue weighted by molar-refractivity contribution is -0.139. The van der Waals surface area contributed by atoms with Crippen molar-refractivity contribution in [2.24, 2.45) is 0 Å². The number of rotatable bonds is 6. The molecular formula is C12H15N3O5. The first-order valence-corrected chi connectivity index (χ1v) is 6.29. The second-order valence-corrected chi connectivity index (χ2v) is 4.70. The topological polar surface area (TPSA) is 112 Å². The Morgan fingerprint density at radius 2 is 2.05 bits per heavy atom. The van der Waals surface area contributed by atoms with Gasteiger partial charge < -0.3 is 10.0 Å². The first-order valence-electron chi connectivity index (χ1n) is 6.29. The van der Waals surface area contributed by atoms with E-state index in [4.69, 9.17) is 5.11 Å². The fourth-order valence-electron chi connectivity index (χ4n) is 1.92. The molecule has 2 N–H and O–H groups in total. The smallest absolute Gasteiger partial charge is 0.305 e. The van der Waals surface area contributed by atoms with Gasteiger partial charge >= 0.3 is 5.97 Å². The summed E-state index contributed by atoms with van der Waals surface area (Å²) in [6.45, 7) is -0.171. The molecule has 1 fully saturated rings. The fraction of sp³-hybridized carbons (Fsp3) is 0.500. The van der Waals surface area contributed by atoms with Crippen LogP contribution in [-0.4, -0.2) is 44.3 Å². The number of aromatic amines is 1. The van der Waals surface area contributed by atoms with Gasteiger partial charge in [0.15, 0.2) is 0 Å². The molecule has 8 nitrogen and oxygen atoms in total. The van der Waals surface area contributed by atoms with Gasteiger partial charge in [0.05, 0.1) is 6.42 Å². The molecule has 8 heteroatoms. The van der Waals surface area contributed by atoms with Crippen LogP contribution in [0.25, 0.3) is 0 Å². The monoisotopic (exact) mass is 281 g/mol. The number of hydrogen-bond acceptors (Lipinski definition) is 4. The molecule has 0 spiro atoms. The van der Waals surface area contributed by atoms with Crippen LogP contribution in [0.5, 0.6) is 0 Å². The van der Waals surface area contributed by atoms with E-state index in [9.17, 15) is 19.2 Å². The van der Waals surface area contributed by atoms with Gasteiger partial charge in [0.2, 0.25) is 5.91 Å². The summed E-state index contributed by atoms with van der Waals surface area (Å²) in [5.41, 5.74) is -0.951. The maximum atomic E-state index is 12.1. The number of aromatic nitrogens is 2. The molecule has 0 aromatic carbocycles. The maximum absolute atomic E-state index is 12.1. The number of H-pyrrole nitrogens is 1. The van der Waals surface area contributed by atoms with Crippen LogP contribution in [0.4, 0.5) is 0 Å². The van der Waals surface area contributed by atoms with Crippen molar-refractivity contribution in [1.29, 1.82) is 0 Å². The third kappa shape index (κ3) is 3.56. The molecule has 1 aromatic heterocycles. The largest absolute Gasteiger partial charge is 0.481 e. The minimum atomic E-state index is -0.978. The summed E-state index contributed by atoms with van der Waals surface area (Å²) in [5.74, 6) is -1.34. The first kappa shape index (κ1) is 14.0. The number of hydrogen-bond donors (Lipinski definition) is 2. The van der Waals surface area contributed by atoms with Crippen LogP contribution in [0.2, 0.25) is 0 Å². The molecular weight excluding hydrogens is 266 g/mol. The quantitative estimate of drug-likeness (QED) is 0.694. The summed E-state index contributed by atoms with van der Waals surface area (Å²) < 4.78 is 0.931. The summed E-state index contributed by atoms with van der Waals surface area (Å²) >= 11 is 0. The Labute approximate surface area is 113 Å². The minimum absolute atomic E-state index is 0.0491. The molecule has 20 heavy (non-hydrogen) atoms. The van der Waals surface area contributed by atoms with Crippen molar-refractivity contribution in [2.75, 3.05) is 6.54 Å². The van der Waals surface area contributed by atoms with Crippen LogP contribution in [0.3, 0.4) is 0 Å². The highest BCUT2D eigenvalue weighted by atomic mass is 16.4. The predicted octanol–water partition coefficient (Wildman–Crippen LogP) is -0.998. The maximum Gasteiger partial charge on any atom is 0.305 e. The molecule has 1 heterocycles. The van der Waals surface area contributed by atoms with Crippen molar-refractivity contribution >= 4 is 11.9 Å². The lowest BCUT2D eigenvalue weighted by Gasteiger charge is -2.21. The number of aliphatic carboxylic acids is 1. The van der Waals surface area contributed by atoms with Gasteiger partial charge in [-0.1, -0.05) is 0 Å². The highest BCUT2D eigenvalue weighted by Crippen LogP contribution is 2.27. The molecule has 1 aliphatic rings. The highest BCUT2D eigenvalue weighted by molar-refractivity contribution is 5.77. The van der Waals surface area contributed by atoms with Crippen molar-refractivity contribution in [1.82, 2.24) is 14.7 Å². The Bertz CT molecular complexity index is 628. The van der Waals surface area contributed by atoms with Gasteiger partial charge in [0.1, 0.15) is 6.54 Å². The van der Waals surface area contributed by atoms with Crippen LogP contribution in [-0.2, 0) is 16.1 Å². The zero-order valence-corrected chi connectivity index (χ0v) is 10.7. The van der Waals surface area contributed by atoms with E-state index in [1.54, 1.807) is 0 Å². The van der Waals surface area contributed by atoms with Crippen molar-refractivity contribution in [3.8, 4) is 0 Å². The lowest BCUT2D eigenvalue weighted by atomic mass is 10.3. The van der Waals surface area contributed by atoms with Crippen LogP contribution < -0.4 is 11.1 Å². The third-order valence-electron chi connectivity index (χ3n) is 3.06. The molecule has 1 aromatic rings. The van der Waals surface area contributed by atoms with E-state index in [0.717, 1.165) is 29.7 Å². The molecule has 0 saturated heterocycles. The Kier molecular flexibility index (Phi) is 4.02. The summed E-state index contributed by atoms with van der Waals surface area (Å²) in [6, 6.07) is 2.23. The number of nitrogens with one attached hydrogen (secondary N) is 1. The molecule has 108 valence electrons. The molecule has 1 aliphatic carbocycles. The summed E-state index contributed by atoms with van der Waals surface area (Å²) in [4.78, 5) is 46.8. The normalized spacial score (nSPS) is 14.0. The molecule has 0 unspecified atom stereocenters. The highest BCUT2D eigenvalue weighted by Gasteiger charge is 2.32. The standard InChI is InChI=1S/C12H15N3O5/c16-9-3-4-10(17)15(13-9)7-11(18)14(8-1-2-8)6-5-12(19)20/h3-4,8H,1-2,5-7H2,(H,13,16)(H,19,20). The van der Waals surface area contributed by atoms with E-state index in [1.165, 1.54) is 4.90 Å². The number of carboxylic acid groups (broad SMARTS) is 1. The van der Waals surface area contributed by atoms with Crippen LogP contribution in [0.1, 0.15) is 19.3 Å². The van der Waals surface area contributed by atoms with Gasteiger partial charge in [-0.2, -0.15) is 0 Å². The van der Waals surface area contributed by atoms with Gasteiger partial charge in [-0.3, -0.25) is 24.3 Å². The molecule has 2 rings (SSSR count).